The highest BCUT2D eigenvalue weighted by atomic mass is 35.5. The van der Waals surface area contributed by atoms with Gasteiger partial charge in [0.2, 0.25) is 0 Å². The highest BCUT2D eigenvalue weighted by Gasteiger charge is 2.34. The molecule has 0 aliphatic heterocycles. The molecule has 0 spiro atoms. The molecular weight excluding hydrogens is 554 g/mol. The number of amides is 1. The van der Waals surface area contributed by atoms with Crippen molar-refractivity contribution in [3.8, 4) is 0 Å². The predicted octanol–water partition coefficient (Wildman–Crippen LogP) is 5.26. The maximum Gasteiger partial charge on any atom is 0.418 e. The number of thiazole rings is 1. The first-order valence-corrected chi connectivity index (χ1v) is 12.4. The fraction of sp³-hybridized carbons (Fsp3) is 0.364. The molecule has 9 nitrogen and oxygen atoms in total. The average Bonchev–Trinajstić information content (AvgIpc) is 3.31. The van der Waals surface area contributed by atoms with Crippen molar-refractivity contribution in [2.45, 2.75) is 25.4 Å². The van der Waals surface area contributed by atoms with Crippen LogP contribution in [-0.4, -0.2) is 63.7 Å². The Kier molecular flexibility index (Phi) is 9.40. The number of alkyl halides is 3. The number of nitrogens with one attached hydrogen (secondary N) is 2. The molecule has 1 unspecified atom stereocenters. The highest BCUT2D eigenvalue weighted by molar-refractivity contribution is 7.13. The van der Waals surface area contributed by atoms with Crippen molar-refractivity contribution < 1.29 is 22.8 Å². The maximum absolute atomic E-state index is 13.1. The molecule has 37 heavy (non-hydrogen) atoms. The SMILES string of the molecule is CC(CC(=O)c1ncnc(NCCN(C)C)c1Cl)c1ncc(C(=O)Nc2cc(C(F)(F)F)c(Cl)cn2)s1. The molecule has 15 heteroatoms. The Labute approximate surface area is 224 Å². The third-order valence-corrected chi connectivity index (χ3v) is 6.85. The summed E-state index contributed by atoms with van der Waals surface area (Å²) >= 11 is 12.9. The number of nitrogens with zero attached hydrogens (tertiary/aromatic N) is 5. The molecule has 0 fully saturated rings. The van der Waals surface area contributed by atoms with Crippen molar-refractivity contribution in [1.29, 1.82) is 0 Å². The van der Waals surface area contributed by atoms with E-state index in [1.165, 1.54) is 12.5 Å². The van der Waals surface area contributed by atoms with Gasteiger partial charge in [-0.3, -0.25) is 9.59 Å². The lowest BCUT2D eigenvalue weighted by atomic mass is 10.0. The number of pyridine rings is 1. The second-order valence-electron chi connectivity index (χ2n) is 8.21. The molecule has 0 aliphatic carbocycles. The normalized spacial score (nSPS) is 12.5. The molecule has 198 valence electrons. The molecule has 0 saturated heterocycles. The minimum absolute atomic E-state index is 0.0100. The van der Waals surface area contributed by atoms with Crippen LogP contribution in [0.15, 0.2) is 24.8 Å². The Balaban J connectivity index is 1.66. The zero-order chi connectivity index (χ0) is 27.3. The molecular formula is C22H22Cl2F3N7O2S. The summed E-state index contributed by atoms with van der Waals surface area (Å²) in [6.45, 7) is 3.05. The minimum Gasteiger partial charge on any atom is -0.367 e. The molecule has 1 amide bonds. The fourth-order valence-electron chi connectivity index (χ4n) is 3.07. The summed E-state index contributed by atoms with van der Waals surface area (Å²) in [5.74, 6) is -1.37. The second kappa shape index (κ2) is 12.1. The van der Waals surface area contributed by atoms with Gasteiger partial charge >= 0.3 is 6.18 Å². The number of carbonyl (C=O) groups excluding carboxylic acids is 2. The molecule has 0 aromatic carbocycles. The summed E-state index contributed by atoms with van der Waals surface area (Å²) in [6.07, 6.45) is -1.35. The van der Waals surface area contributed by atoms with Crippen molar-refractivity contribution >= 4 is 57.9 Å². The molecule has 0 bridgehead atoms. The number of anilines is 2. The lowest BCUT2D eigenvalue weighted by molar-refractivity contribution is -0.137. The molecule has 3 heterocycles. The Morgan fingerprint density at radius 3 is 2.54 bits per heavy atom. The number of Topliss-reactive ketones (excluding diaryl/α,β-unsaturated/α-hetero) is 1. The molecule has 0 radical (unpaired) electrons. The lowest BCUT2D eigenvalue weighted by Crippen LogP contribution is -2.21. The van der Waals surface area contributed by atoms with Crippen molar-refractivity contribution in [3.63, 3.8) is 0 Å². The van der Waals surface area contributed by atoms with Gasteiger partial charge in [0.1, 0.15) is 33.6 Å². The van der Waals surface area contributed by atoms with E-state index in [-0.39, 0.29) is 39.5 Å². The van der Waals surface area contributed by atoms with Crippen LogP contribution >= 0.6 is 34.5 Å². The van der Waals surface area contributed by atoms with E-state index in [1.807, 2.05) is 19.0 Å². The molecule has 3 aromatic heterocycles. The van der Waals surface area contributed by atoms with E-state index in [0.29, 0.717) is 23.4 Å². The standard InChI is InChI=1S/C22H22Cl2F3N7O2S/c1-11(6-14(35)18-17(24)19(32-10-31-18)28-4-5-34(2)3)21-30-9-15(37-21)20(36)33-16-7-12(22(25,26)27)13(23)8-29-16/h7-11H,4-6H2,1-3H3,(H,28,31,32)(H,29,33,36). The monoisotopic (exact) mass is 575 g/mol. The van der Waals surface area contributed by atoms with E-state index < -0.39 is 22.7 Å². The summed E-state index contributed by atoms with van der Waals surface area (Å²) in [5, 5.41) is 5.39. The van der Waals surface area contributed by atoms with Gasteiger partial charge in [-0.1, -0.05) is 30.1 Å². The fourth-order valence-corrected chi connectivity index (χ4v) is 4.41. The zero-order valence-corrected chi connectivity index (χ0v) is 22.2. The predicted molar refractivity (Wildman–Crippen MR) is 136 cm³/mol. The summed E-state index contributed by atoms with van der Waals surface area (Å²) in [6, 6.07) is 0.651. The van der Waals surface area contributed by atoms with Gasteiger partial charge in [-0.25, -0.2) is 19.9 Å². The summed E-state index contributed by atoms with van der Waals surface area (Å²) in [4.78, 5) is 43.5. The van der Waals surface area contributed by atoms with Crippen LogP contribution in [0, 0.1) is 0 Å². The number of ketones is 1. The Morgan fingerprint density at radius 2 is 1.86 bits per heavy atom. The van der Waals surface area contributed by atoms with Crippen LogP contribution < -0.4 is 10.6 Å². The molecule has 3 rings (SSSR count). The van der Waals surface area contributed by atoms with Gasteiger partial charge in [0.25, 0.3) is 5.91 Å². The van der Waals surface area contributed by atoms with E-state index in [1.54, 1.807) is 6.92 Å². The van der Waals surface area contributed by atoms with E-state index in [0.717, 1.165) is 24.1 Å². The first kappa shape index (κ1) is 28.7. The van der Waals surface area contributed by atoms with E-state index in [9.17, 15) is 22.8 Å². The summed E-state index contributed by atoms with van der Waals surface area (Å²) < 4.78 is 39.2. The van der Waals surface area contributed by atoms with Crippen molar-refractivity contribution in [1.82, 2.24) is 24.8 Å². The largest absolute Gasteiger partial charge is 0.418 e. The zero-order valence-electron chi connectivity index (χ0n) is 19.9. The Hall–Kier alpha value is -2.87. The number of carbonyl (C=O) groups is 2. The van der Waals surface area contributed by atoms with E-state index in [4.69, 9.17) is 23.2 Å². The average molecular weight is 576 g/mol. The van der Waals surface area contributed by atoms with Crippen LogP contribution in [0.3, 0.4) is 0 Å². The van der Waals surface area contributed by atoms with Crippen molar-refractivity contribution in [2.24, 2.45) is 0 Å². The third kappa shape index (κ3) is 7.57. The number of hydrogen-bond acceptors (Lipinski definition) is 9. The number of halogens is 5. The molecule has 3 aromatic rings. The maximum atomic E-state index is 13.1. The third-order valence-electron chi connectivity index (χ3n) is 4.97. The van der Waals surface area contributed by atoms with Gasteiger partial charge in [0, 0.05) is 31.6 Å². The highest BCUT2D eigenvalue weighted by Crippen LogP contribution is 2.35. The second-order valence-corrected chi connectivity index (χ2v) is 10.1. The van der Waals surface area contributed by atoms with Gasteiger partial charge in [0.05, 0.1) is 21.8 Å². The van der Waals surface area contributed by atoms with E-state index >= 15 is 0 Å². The summed E-state index contributed by atoms with van der Waals surface area (Å²) in [7, 11) is 3.84. The van der Waals surface area contributed by atoms with Gasteiger partial charge in [-0.2, -0.15) is 13.2 Å². The van der Waals surface area contributed by atoms with E-state index in [2.05, 4.69) is 30.6 Å². The van der Waals surface area contributed by atoms with Gasteiger partial charge in [-0.15, -0.1) is 11.3 Å². The summed E-state index contributed by atoms with van der Waals surface area (Å²) in [5.41, 5.74) is -1.05. The van der Waals surface area contributed by atoms with Gasteiger partial charge in [-0.05, 0) is 20.2 Å². The number of likely N-dealkylation sites (N-methyl/N-ethyl adjacent to an activating group) is 1. The number of hydrogen-bond donors (Lipinski definition) is 2. The number of aromatic nitrogens is 4. The molecule has 0 saturated carbocycles. The van der Waals surface area contributed by atoms with Crippen molar-refractivity contribution in [2.75, 3.05) is 37.8 Å². The van der Waals surface area contributed by atoms with Crippen molar-refractivity contribution in [3.05, 3.63) is 56.0 Å². The van der Waals surface area contributed by atoms with Crippen LogP contribution in [0.2, 0.25) is 10.0 Å². The van der Waals surface area contributed by atoms with Crippen LogP contribution in [0.1, 0.15) is 50.0 Å². The Morgan fingerprint density at radius 1 is 1.14 bits per heavy atom. The smallest absolute Gasteiger partial charge is 0.367 e. The first-order valence-electron chi connectivity index (χ1n) is 10.8. The van der Waals surface area contributed by atoms with Gasteiger partial charge in [0.15, 0.2) is 5.78 Å². The first-order chi connectivity index (χ1) is 17.4. The number of rotatable bonds is 10. The molecule has 1 atom stereocenters. The minimum atomic E-state index is -4.70. The lowest BCUT2D eigenvalue weighted by Gasteiger charge is -2.13. The quantitative estimate of drug-likeness (QED) is 0.315. The molecule has 2 N–H and O–H groups in total. The van der Waals surface area contributed by atoms with Gasteiger partial charge < -0.3 is 15.5 Å². The topological polar surface area (TPSA) is 113 Å². The molecule has 0 aliphatic rings. The van der Waals surface area contributed by atoms with Crippen LogP contribution in [-0.2, 0) is 6.18 Å². The van der Waals surface area contributed by atoms with Crippen LogP contribution in [0.25, 0.3) is 0 Å². The van der Waals surface area contributed by atoms with Crippen LogP contribution in [0.4, 0.5) is 24.8 Å². The van der Waals surface area contributed by atoms with Crippen LogP contribution in [0.5, 0.6) is 0 Å². The Bertz CT molecular complexity index is 1290.